The molecule has 0 aliphatic heterocycles. The first-order valence-corrected chi connectivity index (χ1v) is 7.63. The lowest BCUT2D eigenvalue weighted by atomic mass is 10.0. The van der Waals surface area contributed by atoms with E-state index in [1.54, 1.807) is 0 Å². The Bertz CT molecular complexity index is 427. The summed E-state index contributed by atoms with van der Waals surface area (Å²) in [6.07, 6.45) is 2.11. The van der Waals surface area contributed by atoms with Crippen LogP contribution in [0.25, 0.3) is 0 Å². The van der Waals surface area contributed by atoms with Crippen molar-refractivity contribution in [3.63, 3.8) is 0 Å². The largest absolute Gasteiger partial charge is 0.352 e. The monoisotopic (exact) mass is 291 g/mol. The Morgan fingerprint density at radius 3 is 1.95 bits per heavy atom. The fourth-order valence-corrected chi connectivity index (χ4v) is 2.29. The molecular formula is C17H29N3O. The van der Waals surface area contributed by atoms with Gasteiger partial charge in [-0.3, -0.25) is 4.79 Å². The molecule has 0 saturated carbocycles. The summed E-state index contributed by atoms with van der Waals surface area (Å²) in [5.74, 6) is 0.0315. The van der Waals surface area contributed by atoms with Gasteiger partial charge in [-0.15, -0.1) is 0 Å². The summed E-state index contributed by atoms with van der Waals surface area (Å²) >= 11 is 0. The molecule has 0 radical (unpaired) electrons. The SMILES string of the molecule is CCCCNC(=O)c1cc(CN(C)C)cc(CN(C)C)c1. The minimum atomic E-state index is 0.0315. The Labute approximate surface area is 129 Å². The predicted octanol–water partition coefficient (Wildman–Crippen LogP) is 2.34. The first-order valence-electron chi connectivity index (χ1n) is 7.63. The molecule has 0 fully saturated rings. The van der Waals surface area contributed by atoms with Crippen LogP contribution in [0.1, 0.15) is 41.3 Å². The average Bonchev–Trinajstić information content (AvgIpc) is 2.36. The summed E-state index contributed by atoms with van der Waals surface area (Å²) in [4.78, 5) is 16.5. The number of rotatable bonds is 8. The van der Waals surface area contributed by atoms with Crippen molar-refractivity contribution in [2.75, 3.05) is 34.7 Å². The normalized spacial score (nSPS) is 11.2. The molecule has 4 nitrogen and oxygen atoms in total. The standard InChI is InChI=1S/C17H29N3O/c1-6-7-8-18-17(21)16-10-14(12-19(2)3)9-15(11-16)13-20(4)5/h9-11H,6-8,12-13H2,1-5H3,(H,18,21). The zero-order valence-corrected chi connectivity index (χ0v) is 14.1. The molecule has 4 heteroatoms. The molecule has 0 atom stereocenters. The van der Waals surface area contributed by atoms with E-state index >= 15 is 0 Å². The van der Waals surface area contributed by atoms with Crippen molar-refractivity contribution in [1.82, 2.24) is 15.1 Å². The molecule has 0 spiro atoms. The van der Waals surface area contributed by atoms with Crippen molar-refractivity contribution >= 4 is 5.91 Å². The second-order valence-corrected chi connectivity index (χ2v) is 6.12. The minimum Gasteiger partial charge on any atom is -0.352 e. The van der Waals surface area contributed by atoms with E-state index in [-0.39, 0.29) is 5.91 Å². The molecule has 0 aliphatic carbocycles. The molecule has 0 aromatic heterocycles. The van der Waals surface area contributed by atoms with E-state index < -0.39 is 0 Å². The zero-order chi connectivity index (χ0) is 15.8. The van der Waals surface area contributed by atoms with Crippen molar-refractivity contribution in [2.45, 2.75) is 32.9 Å². The number of nitrogens with one attached hydrogen (secondary N) is 1. The second-order valence-electron chi connectivity index (χ2n) is 6.12. The lowest BCUT2D eigenvalue weighted by Crippen LogP contribution is -2.25. The highest BCUT2D eigenvalue weighted by atomic mass is 16.1. The maximum Gasteiger partial charge on any atom is 0.251 e. The van der Waals surface area contributed by atoms with Gasteiger partial charge in [0.2, 0.25) is 0 Å². The molecule has 1 aromatic carbocycles. The van der Waals surface area contributed by atoms with Gasteiger partial charge in [0.15, 0.2) is 0 Å². The molecule has 118 valence electrons. The Morgan fingerprint density at radius 2 is 1.52 bits per heavy atom. The van der Waals surface area contributed by atoms with Crippen LogP contribution in [0.15, 0.2) is 18.2 Å². The molecule has 1 N–H and O–H groups in total. The summed E-state index contributed by atoms with van der Waals surface area (Å²) in [6.45, 7) is 4.56. The summed E-state index contributed by atoms with van der Waals surface area (Å²) in [5, 5.41) is 2.99. The third kappa shape index (κ3) is 6.74. The van der Waals surface area contributed by atoms with Crippen LogP contribution in [-0.2, 0) is 13.1 Å². The zero-order valence-electron chi connectivity index (χ0n) is 14.1. The van der Waals surface area contributed by atoms with E-state index in [1.807, 2.05) is 40.3 Å². The van der Waals surface area contributed by atoms with E-state index in [4.69, 9.17) is 0 Å². The first-order chi connectivity index (χ1) is 9.92. The van der Waals surface area contributed by atoms with Gasteiger partial charge >= 0.3 is 0 Å². The van der Waals surface area contributed by atoms with Crippen LogP contribution in [0.4, 0.5) is 0 Å². The second kappa shape index (κ2) is 8.80. The number of carbonyl (C=O) groups is 1. The topological polar surface area (TPSA) is 35.6 Å². The minimum absolute atomic E-state index is 0.0315. The Kier molecular flexibility index (Phi) is 7.40. The average molecular weight is 291 g/mol. The van der Waals surface area contributed by atoms with Crippen LogP contribution in [0.2, 0.25) is 0 Å². The first kappa shape index (κ1) is 17.7. The van der Waals surface area contributed by atoms with Crippen LogP contribution < -0.4 is 5.32 Å². The van der Waals surface area contributed by atoms with Gasteiger partial charge in [0.05, 0.1) is 0 Å². The predicted molar refractivity (Wildman–Crippen MR) is 88.5 cm³/mol. The maximum atomic E-state index is 12.3. The molecular weight excluding hydrogens is 262 g/mol. The van der Waals surface area contributed by atoms with E-state index in [0.29, 0.717) is 0 Å². The van der Waals surface area contributed by atoms with Gasteiger partial charge in [-0.05, 0) is 57.9 Å². The highest BCUT2D eigenvalue weighted by molar-refractivity contribution is 5.94. The highest BCUT2D eigenvalue weighted by Crippen LogP contribution is 2.13. The molecule has 21 heavy (non-hydrogen) atoms. The molecule has 1 aromatic rings. The van der Waals surface area contributed by atoms with Crippen molar-refractivity contribution in [2.24, 2.45) is 0 Å². The molecule has 0 aliphatic rings. The Hall–Kier alpha value is -1.39. The Balaban J connectivity index is 2.92. The smallest absolute Gasteiger partial charge is 0.251 e. The van der Waals surface area contributed by atoms with Crippen LogP contribution >= 0.6 is 0 Å². The third-order valence-corrected chi connectivity index (χ3v) is 3.13. The number of nitrogens with zero attached hydrogens (tertiary/aromatic N) is 2. The number of carbonyl (C=O) groups excluding carboxylic acids is 1. The number of hydrogen-bond acceptors (Lipinski definition) is 3. The lowest BCUT2D eigenvalue weighted by molar-refractivity contribution is 0.0953. The number of unbranched alkanes of at least 4 members (excludes halogenated alkanes) is 1. The van der Waals surface area contributed by atoms with Crippen molar-refractivity contribution < 1.29 is 4.79 Å². The molecule has 0 saturated heterocycles. The van der Waals surface area contributed by atoms with Gasteiger partial charge in [-0.25, -0.2) is 0 Å². The van der Waals surface area contributed by atoms with Crippen molar-refractivity contribution in [1.29, 1.82) is 0 Å². The fraction of sp³-hybridized carbons (Fsp3) is 0.588. The van der Waals surface area contributed by atoms with Crippen molar-refractivity contribution in [3.8, 4) is 0 Å². The van der Waals surface area contributed by atoms with Crippen LogP contribution in [0, 0.1) is 0 Å². The Morgan fingerprint density at radius 1 is 1.00 bits per heavy atom. The molecule has 0 heterocycles. The van der Waals surface area contributed by atoms with Gasteiger partial charge in [0, 0.05) is 25.2 Å². The van der Waals surface area contributed by atoms with Gasteiger partial charge < -0.3 is 15.1 Å². The van der Waals surface area contributed by atoms with E-state index in [0.717, 1.165) is 38.0 Å². The van der Waals surface area contributed by atoms with Crippen LogP contribution in [0.3, 0.4) is 0 Å². The highest BCUT2D eigenvalue weighted by Gasteiger charge is 2.09. The van der Waals surface area contributed by atoms with Gasteiger partial charge in [-0.2, -0.15) is 0 Å². The summed E-state index contributed by atoms with van der Waals surface area (Å²) in [7, 11) is 8.17. The fourth-order valence-electron chi connectivity index (χ4n) is 2.29. The molecule has 1 rings (SSSR count). The van der Waals surface area contributed by atoms with Crippen LogP contribution in [0.5, 0.6) is 0 Å². The van der Waals surface area contributed by atoms with Gasteiger partial charge in [-0.1, -0.05) is 19.4 Å². The van der Waals surface area contributed by atoms with Crippen molar-refractivity contribution in [3.05, 3.63) is 34.9 Å². The number of benzene rings is 1. The van der Waals surface area contributed by atoms with E-state index in [2.05, 4.69) is 28.1 Å². The quantitative estimate of drug-likeness (QED) is 0.747. The summed E-state index contributed by atoms with van der Waals surface area (Å²) in [5.41, 5.74) is 3.13. The van der Waals surface area contributed by atoms with E-state index in [9.17, 15) is 4.79 Å². The third-order valence-electron chi connectivity index (χ3n) is 3.13. The summed E-state index contributed by atoms with van der Waals surface area (Å²) < 4.78 is 0. The van der Waals surface area contributed by atoms with E-state index in [1.165, 1.54) is 11.1 Å². The number of amides is 1. The van der Waals surface area contributed by atoms with Gasteiger partial charge in [0.25, 0.3) is 5.91 Å². The molecule has 1 amide bonds. The van der Waals surface area contributed by atoms with Gasteiger partial charge in [0.1, 0.15) is 0 Å². The number of hydrogen-bond donors (Lipinski definition) is 1. The molecule has 0 bridgehead atoms. The van der Waals surface area contributed by atoms with Crippen LogP contribution in [-0.4, -0.2) is 50.4 Å². The molecule has 0 unspecified atom stereocenters. The summed E-state index contributed by atoms with van der Waals surface area (Å²) in [6, 6.07) is 6.18. The maximum absolute atomic E-state index is 12.3. The lowest BCUT2D eigenvalue weighted by Gasteiger charge is -2.16.